The smallest absolute Gasteiger partial charge is 0.426 e. The summed E-state index contributed by atoms with van der Waals surface area (Å²) in [5.74, 6) is -1.65. The summed E-state index contributed by atoms with van der Waals surface area (Å²) in [6.07, 6.45) is 4.41. The van der Waals surface area contributed by atoms with Crippen LogP contribution in [0.5, 0.6) is 11.5 Å². The first-order chi connectivity index (χ1) is 22.1. The molecule has 0 aromatic heterocycles. The second-order valence-corrected chi connectivity index (χ2v) is 11.8. The molecule has 0 heterocycles. The fourth-order valence-corrected chi connectivity index (χ4v) is 5.58. The normalized spacial score (nSPS) is 17.2. The zero-order valence-electron chi connectivity index (χ0n) is 26.9. The molecule has 46 heavy (non-hydrogen) atoms. The van der Waals surface area contributed by atoms with Crippen LogP contribution < -0.4 is 9.47 Å². The molecule has 0 N–H and O–H groups in total. The van der Waals surface area contributed by atoms with Crippen LogP contribution in [0.1, 0.15) is 119 Å². The molecule has 7 nitrogen and oxygen atoms in total. The van der Waals surface area contributed by atoms with Gasteiger partial charge >= 0.3 is 24.1 Å². The molecule has 1 aliphatic rings. The van der Waals surface area contributed by atoms with E-state index >= 15 is 0 Å². The van der Waals surface area contributed by atoms with Crippen LogP contribution in [0.3, 0.4) is 0 Å². The first-order valence-electron chi connectivity index (χ1n) is 16.6. The fourth-order valence-electron chi connectivity index (χ4n) is 5.58. The number of esters is 3. The van der Waals surface area contributed by atoms with E-state index in [9.17, 15) is 27.6 Å². The number of rotatable bonds is 18. The van der Waals surface area contributed by atoms with Crippen molar-refractivity contribution < 1.29 is 46.5 Å². The summed E-state index contributed by atoms with van der Waals surface area (Å²) in [4.78, 5) is 36.6. The third kappa shape index (κ3) is 12.7. The van der Waals surface area contributed by atoms with Crippen molar-refractivity contribution in [2.75, 3.05) is 13.2 Å². The van der Waals surface area contributed by atoms with Gasteiger partial charge in [0, 0.05) is 0 Å². The van der Waals surface area contributed by atoms with Gasteiger partial charge in [-0.2, -0.15) is 13.2 Å². The number of halogens is 3. The number of unbranched alkanes of at least 4 members (excludes halogenated alkanes) is 7. The highest BCUT2D eigenvalue weighted by atomic mass is 19.4. The Morgan fingerprint density at radius 3 is 1.96 bits per heavy atom. The zero-order valence-corrected chi connectivity index (χ0v) is 26.9. The van der Waals surface area contributed by atoms with E-state index < -0.39 is 30.6 Å². The summed E-state index contributed by atoms with van der Waals surface area (Å²) in [7, 11) is 0. The SMILES string of the molecule is CCCCCCCCCCOc1ccc(C2CCC(C(=O)Oc3ccc(C(=O)OC(CC(=O)OCC)C(F)(F)F)cc3)CC2)cc1. The second kappa shape index (κ2) is 19.2. The molecule has 2 aromatic rings. The van der Waals surface area contributed by atoms with Gasteiger partial charge in [-0.15, -0.1) is 0 Å². The first kappa shape index (κ1) is 36.9. The molecule has 0 radical (unpaired) electrons. The van der Waals surface area contributed by atoms with Crippen molar-refractivity contribution >= 4 is 17.9 Å². The molecule has 0 aliphatic heterocycles. The Balaban J connectivity index is 1.39. The van der Waals surface area contributed by atoms with E-state index in [0.717, 1.165) is 31.6 Å². The Kier molecular flexibility index (Phi) is 15.4. The topological polar surface area (TPSA) is 88.1 Å². The Morgan fingerprint density at radius 1 is 0.783 bits per heavy atom. The molecule has 10 heteroatoms. The largest absolute Gasteiger partial charge is 0.494 e. The lowest BCUT2D eigenvalue weighted by molar-refractivity contribution is -0.209. The highest BCUT2D eigenvalue weighted by Crippen LogP contribution is 2.37. The van der Waals surface area contributed by atoms with Crippen LogP contribution in [0, 0.1) is 5.92 Å². The number of hydrogen-bond donors (Lipinski definition) is 0. The molecular formula is C36H47F3O7. The minimum atomic E-state index is -4.94. The molecule has 0 saturated heterocycles. The predicted molar refractivity (Wildman–Crippen MR) is 168 cm³/mol. The van der Waals surface area contributed by atoms with Crippen LogP contribution in [0.15, 0.2) is 48.5 Å². The van der Waals surface area contributed by atoms with Gasteiger partial charge in [-0.05, 0) is 86.9 Å². The predicted octanol–water partition coefficient (Wildman–Crippen LogP) is 9.13. The van der Waals surface area contributed by atoms with Gasteiger partial charge < -0.3 is 18.9 Å². The van der Waals surface area contributed by atoms with Crippen molar-refractivity contribution in [3.05, 3.63) is 59.7 Å². The zero-order chi connectivity index (χ0) is 33.4. The first-order valence-corrected chi connectivity index (χ1v) is 16.6. The van der Waals surface area contributed by atoms with E-state index in [2.05, 4.69) is 28.5 Å². The summed E-state index contributed by atoms with van der Waals surface area (Å²) in [5, 5.41) is 0. The lowest BCUT2D eigenvalue weighted by Crippen LogP contribution is -2.36. The van der Waals surface area contributed by atoms with Crippen LogP contribution in [-0.2, 0) is 19.1 Å². The van der Waals surface area contributed by atoms with Crippen LogP contribution in [-0.4, -0.2) is 43.4 Å². The molecule has 2 aromatic carbocycles. The molecule has 1 unspecified atom stereocenters. The van der Waals surface area contributed by atoms with Gasteiger partial charge in [0.15, 0.2) is 0 Å². The van der Waals surface area contributed by atoms with E-state index in [1.807, 2.05) is 12.1 Å². The van der Waals surface area contributed by atoms with Crippen molar-refractivity contribution in [1.29, 1.82) is 0 Å². The molecule has 1 saturated carbocycles. The number of alkyl halides is 3. The fraction of sp³-hybridized carbons (Fsp3) is 0.583. The van der Waals surface area contributed by atoms with Crippen LogP contribution in [0.4, 0.5) is 13.2 Å². The maximum absolute atomic E-state index is 13.3. The molecule has 1 atom stereocenters. The van der Waals surface area contributed by atoms with Gasteiger partial charge in [-0.25, -0.2) is 4.79 Å². The van der Waals surface area contributed by atoms with Gasteiger partial charge in [0.05, 0.1) is 31.1 Å². The number of carbonyl (C=O) groups is 3. The second-order valence-electron chi connectivity index (χ2n) is 11.8. The van der Waals surface area contributed by atoms with E-state index in [1.54, 1.807) is 0 Å². The molecule has 0 bridgehead atoms. The lowest BCUT2D eigenvalue weighted by atomic mass is 9.79. The van der Waals surface area contributed by atoms with Gasteiger partial charge in [-0.1, -0.05) is 64.0 Å². The van der Waals surface area contributed by atoms with Crippen molar-refractivity contribution in [2.24, 2.45) is 5.92 Å². The quantitative estimate of drug-likeness (QED) is 0.0905. The Hall–Kier alpha value is -3.56. The Bertz CT molecular complexity index is 1200. The third-order valence-electron chi connectivity index (χ3n) is 8.26. The van der Waals surface area contributed by atoms with Crippen LogP contribution in [0.25, 0.3) is 0 Å². The number of benzene rings is 2. The maximum atomic E-state index is 13.3. The molecule has 0 spiro atoms. The highest BCUT2D eigenvalue weighted by molar-refractivity contribution is 5.90. The van der Waals surface area contributed by atoms with E-state index in [4.69, 9.17) is 9.47 Å². The van der Waals surface area contributed by atoms with Crippen molar-refractivity contribution in [3.8, 4) is 11.5 Å². The standard InChI is InChI=1S/C36H47F3O7/c1-3-5-6-7-8-9-10-11-24-44-30-20-16-27(17-21-30)26-12-14-28(15-13-26)34(41)45-31-22-18-29(19-23-31)35(42)46-32(36(37,38)39)25-33(40)43-4-2/h16-23,26,28,32H,3-15,24-25H2,1-2H3. The minimum absolute atomic E-state index is 0.0951. The summed E-state index contributed by atoms with van der Waals surface area (Å²) < 4.78 is 60.3. The van der Waals surface area contributed by atoms with E-state index in [1.165, 1.54) is 81.7 Å². The average Bonchev–Trinajstić information content (AvgIpc) is 3.04. The van der Waals surface area contributed by atoms with Crippen LogP contribution in [0.2, 0.25) is 0 Å². The average molecular weight is 649 g/mol. The monoisotopic (exact) mass is 648 g/mol. The van der Waals surface area contributed by atoms with Gasteiger partial charge in [0.25, 0.3) is 0 Å². The summed E-state index contributed by atoms with van der Waals surface area (Å²) in [6.45, 7) is 4.32. The molecule has 1 aliphatic carbocycles. The van der Waals surface area contributed by atoms with E-state index in [0.29, 0.717) is 18.8 Å². The number of hydrogen-bond acceptors (Lipinski definition) is 7. The maximum Gasteiger partial charge on any atom is 0.426 e. The van der Waals surface area contributed by atoms with Gasteiger partial charge in [-0.3, -0.25) is 9.59 Å². The van der Waals surface area contributed by atoms with Gasteiger partial charge in [0.1, 0.15) is 11.5 Å². The number of ether oxygens (including phenoxy) is 4. The van der Waals surface area contributed by atoms with Crippen molar-refractivity contribution in [3.63, 3.8) is 0 Å². The summed E-state index contributed by atoms with van der Waals surface area (Å²) in [6, 6.07) is 13.3. The Morgan fingerprint density at radius 2 is 1.37 bits per heavy atom. The summed E-state index contributed by atoms with van der Waals surface area (Å²) >= 11 is 0. The molecule has 3 rings (SSSR count). The van der Waals surface area contributed by atoms with Gasteiger partial charge in [0.2, 0.25) is 6.10 Å². The van der Waals surface area contributed by atoms with Crippen molar-refractivity contribution in [2.45, 2.75) is 116 Å². The minimum Gasteiger partial charge on any atom is -0.494 e. The van der Waals surface area contributed by atoms with Crippen LogP contribution >= 0.6 is 0 Å². The highest BCUT2D eigenvalue weighted by Gasteiger charge is 2.44. The van der Waals surface area contributed by atoms with Crippen molar-refractivity contribution in [1.82, 2.24) is 0 Å². The molecule has 1 fully saturated rings. The molecule has 254 valence electrons. The third-order valence-corrected chi connectivity index (χ3v) is 8.26. The Labute approximate surface area is 270 Å². The molecule has 0 amide bonds. The van der Waals surface area contributed by atoms with E-state index in [-0.39, 0.29) is 29.8 Å². The lowest BCUT2D eigenvalue weighted by Gasteiger charge is -2.27. The summed E-state index contributed by atoms with van der Waals surface area (Å²) in [5.41, 5.74) is 1.05. The molecular weight excluding hydrogens is 601 g/mol. The number of carbonyl (C=O) groups excluding carboxylic acids is 3.